The molecule has 0 spiro atoms. The van der Waals surface area contributed by atoms with Crippen molar-refractivity contribution in [2.45, 2.75) is 44.1 Å². The molecule has 1 heterocycles. The maximum Gasteiger partial charge on any atom is 0.331 e. The van der Waals surface area contributed by atoms with Crippen LogP contribution < -0.4 is 5.32 Å². The van der Waals surface area contributed by atoms with Crippen LogP contribution in [0.5, 0.6) is 0 Å². The Morgan fingerprint density at radius 3 is 2.47 bits per heavy atom. The molecular formula is C12H19NO4. The molecule has 1 amide bonds. The number of amides is 1. The van der Waals surface area contributed by atoms with Crippen LogP contribution in [0, 0.1) is 5.92 Å². The lowest BCUT2D eigenvalue weighted by molar-refractivity contribution is -0.148. The molecule has 0 bridgehead atoms. The summed E-state index contributed by atoms with van der Waals surface area (Å²) in [5.74, 6) is -1.11. The minimum atomic E-state index is -1.19. The molecule has 0 radical (unpaired) electrons. The van der Waals surface area contributed by atoms with Crippen molar-refractivity contribution in [1.82, 2.24) is 5.32 Å². The van der Waals surface area contributed by atoms with Gasteiger partial charge < -0.3 is 15.2 Å². The molecule has 1 unspecified atom stereocenters. The Morgan fingerprint density at radius 2 is 1.94 bits per heavy atom. The van der Waals surface area contributed by atoms with E-state index in [1.54, 1.807) is 0 Å². The van der Waals surface area contributed by atoms with Crippen LogP contribution in [0.15, 0.2) is 0 Å². The molecule has 2 rings (SSSR count). The number of carbonyl (C=O) groups excluding carboxylic acids is 1. The predicted molar refractivity (Wildman–Crippen MR) is 60.5 cm³/mol. The number of carboxylic acids is 1. The lowest BCUT2D eigenvalue weighted by Crippen LogP contribution is -2.56. The minimum absolute atomic E-state index is 0.0134. The van der Waals surface area contributed by atoms with Gasteiger partial charge in [-0.3, -0.25) is 4.79 Å². The summed E-state index contributed by atoms with van der Waals surface area (Å²) in [5.41, 5.74) is -1.19. The van der Waals surface area contributed by atoms with Crippen LogP contribution in [-0.2, 0) is 14.3 Å². The van der Waals surface area contributed by atoms with E-state index in [4.69, 9.17) is 4.74 Å². The van der Waals surface area contributed by atoms with E-state index in [0.717, 1.165) is 25.7 Å². The van der Waals surface area contributed by atoms with Gasteiger partial charge in [0.05, 0.1) is 6.61 Å². The summed E-state index contributed by atoms with van der Waals surface area (Å²) < 4.78 is 5.11. The van der Waals surface area contributed by atoms with Gasteiger partial charge in [-0.1, -0.05) is 19.3 Å². The number of ether oxygens (including phenoxy) is 1. The highest BCUT2D eigenvalue weighted by Crippen LogP contribution is 2.26. The lowest BCUT2D eigenvalue weighted by Gasteiger charge is -2.28. The van der Waals surface area contributed by atoms with Gasteiger partial charge in [0.15, 0.2) is 5.54 Å². The monoisotopic (exact) mass is 241 g/mol. The summed E-state index contributed by atoms with van der Waals surface area (Å²) in [7, 11) is 0. The molecule has 2 N–H and O–H groups in total. The van der Waals surface area contributed by atoms with Gasteiger partial charge in [-0.15, -0.1) is 0 Å². The first-order valence-corrected chi connectivity index (χ1v) is 6.27. The van der Waals surface area contributed by atoms with Gasteiger partial charge in [-0.2, -0.15) is 0 Å². The molecule has 96 valence electrons. The van der Waals surface area contributed by atoms with Crippen LogP contribution in [0.25, 0.3) is 0 Å². The standard InChI is InChI=1S/C12H19NO4/c14-10(9-4-2-1-3-5-9)13-12(11(15)16)6-7-17-8-12/h9H,1-8H2,(H,13,14)(H,15,16). The van der Waals surface area contributed by atoms with E-state index >= 15 is 0 Å². The first kappa shape index (κ1) is 12.4. The number of hydrogen-bond donors (Lipinski definition) is 2. The lowest BCUT2D eigenvalue weighted by atomic mass is 9.87. The zero-order valence-corrected chi connectivity index (χ0v) is 9.91. The van der Waals surface area contributed by atoms with Gasteiger partial charge in [0.2, 0.25) is 5.91 Å². The molecule has 1 aliphatic carbocycles. The number of carboxylic acid groups (broad SMARTS) is 1. The Hall–Kier alpha value is -1.10. The number of aliphatic carboxylic acids is 1. The number of hydrogen-bond acceptors (Lipinski definition) is 3. The highest BCUT2D eigenvalue weighted by molar-refractivity contribution is 5.88. The number of carbonyl (C=O) groups is 2. The fourth-order valence-corrected chi connectivity index (χ4v) is 2.59. The molecule has 1 saturated carbocycles. The normalized spacial score (nSPS) is 30.1. The minimum Gasteiger partial charge on any atom is -0.479 e. The molecule has 0 aromatic carbocycles. The number of rotatable bonds is 3. The van der Waals surface area contributed by atoms with Gasteiger partial charge in [0, 0.05) is 18.9 Å². The van der Waals surface area contributed by atoms with Crippen molar-refractivity contribution in [1.29, 1.82) is 0 Å². The SMILES string of the molecule is O=C(NC1(C(=O)O)CCOC1)C1CCCCC1. The third kappa shape index (κ3) is 2.60. The smallest absolute Gasteiger partial charge is 0.331 e. The average molecular weight is 241 g/mol. The van der Waals surface area contributed by atoms with E-state index in [1.807, 2.05) is 0 Å². The van der Waals surface area contributed by atoms with Crippen molar-refractivity contribution in [3.8, 4) is 0 Å². The van der Waals surface area contributed by atoms with Crippen LogP contribution in [-0.4, -0.2) is 35.7 Å². The Balaban J connectivity index is 1.98. The average Bonchev–Trinajstić information content (AvgIpc) is 2.80. The zero-order valence-electron chi connectivity index (χ0n) is 9.91. The zero-order chi connectivity index (χ0) is 12.3. The van der Waals surface area contributed by atoms with E-state index in [1.165, 1.54) is 6.42 Å². The Labute approximate surface area is 101 Å². The van der Waals surface area contributed by atoms with Crippen LogP contribution in [0.1, 0.15) is 38.5 Å². The second kappa shape index (κ2) is 5.04. The summed E-state index contributed by atoms with van der Waals surface area (Å²) >= 11 is 0. The quantitative estimate of drug-likeness (QED) is 0.770. The topological polar surface area (TPSA) is 75.6 Å². The summed E-state index contributed by atoms with van der Waals surface area (Å²) in [6, 6.07) is 0. The van der Waals surface area contributed by atoms with Gasteiger partial charge in [0.25, 0.3) is 0 Å². The van der Waals surface area contributed by atoms with Crippen molar-refractivity contribution in [3.05, 3.63) is 0 Å². The van der Waals surface area contributed by atoms with Gasteiger partial charge in [0.1, 0.15) is 0 Å². The van der Waals surface area contributed by atoms with E-state index in [-0.39, 0.29) is 18.4 Å². The van der Waals surface area contributed by atoms with Crippen molar-refractivity contribution >= 4 is 11.9 Å². The van der Waals surface area contributed by atoms with E-state index in [9.17, 15) is 14.7 Å². The molecule has 1 atom stereocenters. The second-order valence-electron chi connectivity index (χ2n) is 5.01. The van der Waals surface area contributed by atoms with Gasteiger partial charge in [-0.25, -0.2) is 4.79 Å². The molecule has 2 aliphatic rings. The molecule has 5 heteroatoms. The molecule has 5 nitrogen and oxygen atoms in total. The molecule has 17 heavy (non-hydrogen) atoms. The summed E-state index contributed by atoms with van der Waals surface area (Å²) in [6.45, 7) is 0.484. The molecule has 1 aliphatic heterocycles. The Kier molecular flexibility index (Phi) is 3.66. The fraction of sp³-hybridized carbons (Fsp3) is 0.833. The van der Waals surface area contributed by atoms with Crippen LogP contribution in [0.3, 0.4) is 0 Å². The van der Waals surface area contributed by atoms with Crippen molar-refractivity contribution < 1.29 is 19.4 Å². The first-order valence-electron chi connectivity index (χ1n) is 6.27. The van der Waals surface area contributed by atoms with Gasteiger partial charge in [-0.05, 0) is 12.8 Å². The van der Waals surface area contributed by atoms with E-state index < -0.39 is 11.5 Å². The van der Waals surface area contributed by atoms with Crippen molar-refractivity contribution in [2.24, 2.45) is 5.92 Å². The second-order valence-corrected chi connectivity index (χ2v) is 5.01. The predicted octanol–water partition coefficient (Wildman–Crippen LogP) is 0.927. The van der Waals surface area contributed by atoms with E-state index in [2.05, 4.69) is 5.32 Å². The fourth-order valence-electron chi connectivity index (χ4n) is 2.59. The summed E-state index contributed by atoms with van der Waals surface area (Å²) in [5, 5.41) is 11.9. The molecule has 1 saturated heterocycles. The third-order valence-electron chi connectivity index (χ3n) is 3.77. The summed E-state index contributed by atoms with van der Waals surface area (Å²) in [4.78, 5) is 23.3. The van der Waals surface area contributed by atoms with Crippen molar-refractivity contribution in [2.75, 3.05) is 13.2 Å². The molecular weight excluding hydrogens is 222 g/mol. The molecule has 2 fully saturated rings. The van der Waals surface area contributed by atoms with Crippen molar-refractivity contribution in [3.63, 3.8) is 0 Å². The maximum atomic E-state index is 12.0. The van der Waals surface area contributed by atoms with Crippen LogP contribution >= 0.6 is 0 Å². The Bertz CT molecular complexity index is 304. The van der Waals surface area contributed by atoms with E-state index in [0.29, 0.717) is 13.0 Å². The Morgan fingerprint density at radius 1 is 1.24 bits per heavy atom. The first-order chi connectivity index (χ1) is 8.14. The number of nitrogens with one attached hydrogen (secondary N) is 1. The van der Waals surface area contributed by atoms with Crippen LogP contribution in [0.2, 0.25) is 0 Å². The maximum absolute atomic E-state index is 12.0. The highest BCUT2D eigenvalue weighted by atomic mass is 16.5. The van der Waals surface area contributed by atoms with Crippen LogP contribution in [0.4, 0.5) is 0 Å². The highest BCUT2D eigenvalue weighted by Gasteiger charge is 2.44. The van der Waals surface area contributed by atoms with Gasteiger partial charge >= 0.3 is 5.97 Å². The summed E-state index contributed by atoms with van der Waals surface area (Å²) in [6.07, 6.45) is 5.42. The molecule has 0 aromatic rings. The third-order valence-corrected chi connectivity index (χ3v) is 3.77. The largest absolute Gasteiger partial charge is 0.479 e. The molecule has 0 aromatic heterocycles.